The van der Waals surface area contributed by atoms with Gasteiger partial charge in [-0.05, 0) is 19.1 Å². The lowest BCUT2D eigenvalue weighted by atomic mass is 10.3. The lowest BCUT2D eigenvalue weighted by Crippen LogP contribution is -2.38. The van der Waals surface area contributed by atoms with Gasteiger partial charge in [0.1, 0.15) is 6.54 Å². The van der Waals surface area contributed by atoms with Gasteiger partial charge in [0.15, 0.2) is 18.1 Å². The number of benzene rings is 1. The van der Waals surface area contributed by atoms with E-state index in [1.807, 2.05) is 0 Å². The van der Waals surface area contributed by atoms with Gasteiger partial charge in [-0.25, -0.2) is 0 Å². The van der Waals surface area contributed by atoms with E-state index in [0.717, 1.165) is 4.90 Å². The van der Waals surface area contributed by atoms with Crippen molar-refractivity contribution in [1.29, 1.82) is 0 Å². The SMILES string of the molecule is CCN(CC(=O)O)C(=O)COc1ccccc1O. The molecule has 0 saturated carbocycles. The van der Waals surface area contributed by atoms with Gasteiger partial charge in [-0.15, -0.1) is 0 Å². The number of nitrogens with zero attached hydrogens (tertiary/aromatic N) is 1. The number of likely N-dealkylation sites (N-methyl/N-ethyl adjacent to an activating group) is 1. The highest BCUT2D eigenvalue weighted by Gasteiger charge is 2.15. The molecule has 18 heavy (non-hydrogen) atoms. The minimum atomic E-state index is -1.08. The minimum absolute atomic E-state index is 0.0633. The van der Waals surface area contributed by atoms with Crippen LogP contribution in [0.4, 0.5) is 0 Å². The van der Waals surface area contributed by atoms with Crippen LogP contribution in [0.5, 0.6) is 11.5 Å². The van der Waals surface area contributed by atoms with Crippen LogP contribution in [0.25, 0.3) is 0 Å². The Hall–Kier alpha value is -2.24. The molecule has 1 amide bonds. The largest absolute Gasteiger partial charge is 0.504 e. The Morgan fingerprint density at radius 2 is 2.00 bits per heavy atom. The summed E-state index contributed by atoms with van der Waals surface area (Å²) in [7, 11) is 0. The number of aromatic hydroxyl groups is 1. The second-order valence-corrected chi connectivity index (χ2v) is 3.56. The molecule has 0 atom stereocenters. The third kappa shape index (κ3) is 3.97. The predicted molar refractivity (Wildman–Crippen MR) is 63.5 cm³/mol. The topological polar surface area (TPSA) is 87.1 Å². The molecule has 1 aromatic carbocycles. The van der Waals surface area contributed by atoms with Crippen LogP contribution in [0.3, 0.4) is 0 Å². The van der Waals surface area contributed by atoms with E-state index in [2.05, 4.69) is 0 Å². The molecule has 0 fully saturated rings. The number of carbonyl (C=O) groups is 2. The Balaban J connectivity index is 2.54. The van der Waals surface area contributed by atoms with Crippen molar-refractivity contribution in [3.8, 4) is 11.5 Å². The lowest BCUT2D eigenvalue weighted by Gasteiger charge is -2.18. The van der Waals surface area contributed by atoms with Crippen molar-refractivity contribution in [2.75, 3.05) is 19.7 Å². The number of hydrogen-bond donors (Lipinski definition) is 2. The number of rotatable bonds is 6. The molecule has 0 bridgehead atoms. The monoisotopic (exact) mass is 253 g/mol. The predicted octanol–water partition coefficient (Wildman–Crippen LogP) is 0.704. The zero-order valence-corrected chi connectivity index (χ0v) is 10.00. The summed E-state index contributed by atoms with van der Waals surface area (Å²) in [5.41, 5.74) is 0. The van der Waals surface area contributed by atoms with Gasteiger partial charge in [-0.1, -0.05) is 12.1 Å². The minimum Gasteiger partial charge on any atom is -0.504 e. The van der Waals surface area contributed by atoms with E-state index in [9.17, 15) is 14.7 Å². The van der Waals surface area contributed by atoms with E-state index in [1.165, 1.54) is 12.1 Å². The second kappa shape index (κ2) is 6.48. The third-order valence-corrected chi connectivity index (χ3v) is 2.28. The second-order valence-electron chi connectivity index (χ2n) is 3.56. The van der Waals surface area contributed by atoms with E-state index in [-0.39, 0.29) is 31.2 Å². The molecular weight excluding hydrogens is 238 g/mol. The smallest absolute Gasteiger partial charge is 0.323 e. The maximum atomic E-state index is 11.7. The highest BCUT2D eigenvalue weighted by Crippen LogP contribution is 2.24. The average molecular weight is 253 g/mol. The van der Waals surface area contributed by atoms with Crippen LogP contribution in [0.15, 0.2) is 24.3 Å². The van der Waals surface area contributed by atoms with Gasteiger partial charge in [0.25, 0.3) is 5.91 Å². The molecular formula is C12H15NO5. The van der Waals surface area contributed by atoms with Gasteiger partial charge in [-0.3, -0.25) is 9.59 Å². The van der Waals surface area contributed by atoms with Gasteiger partial charge < -0.3 is 19.8 Å². The Morgan fingerprint density at radius 1 is 1.33 bits per heavy atom. The maximum absolute atomic E-state index is 11.7. The number of amides is 1. The van der Waals surface area contributed by atoms with Gasteiger partial charge in [0, 0.05) is 6.54 Å². The molecule has 0 radical (unpaired) electrons. The number of carboxylic acids is 1. The van der Waals surface area contributed by atoms with Crippen LogP contribution in [-0.4, -0.2) is 46.7 Å². The van der Waals surface area contributed by atoms with Crippen LogP contribution in [0.1, 0.15) is 6.92 Å². The van der Waals surface area contributed by atoms with Crippen molar-refractivity contribution in [2.24, 2.45) is 0 Å². The molecule has 6 heteroatoms. The lowest BCUT2D eigenvalue weighted by molar-refractivity contribution is -0.145. The summed E-state index contributed by atoms with van der Waals surface area (Å²) >= 11 is 0. The zero-order chi connectivity index (χ0) is 13.5. The number of hydrogen-bond acceptors (Lipinski definition) is 4. The molecule has 0 heterocycles. The first-order valence-electron chi connectivity index (χ1n) is 5.45. The summed E-state index contributed by atoms with van der Waals surface area (Å²) in [6.07, 6.45) is 0. The van der Waals surface area contributed by atoms with E-state index in [1.54, 1.807) is 19.1 Å². The molecule has 6 nitrogen and oxygen atoms in total. The van der Waals surface area contributed by atoms with Crippen molar-refractivity contribution in [2.45, 2.75) is 6.92 Å². The normalized spacial score (nSPS) is 9.83. The van der Waals surface area contributed by atoms with Crippen LogP contribution in [0.2, 0.25) is 0 Å². The Bertz CT molecular complexity index is 432. The van der Waals surface area contributed by atoms with Crippen molar-refractivity contribution in [3.05, 3.63) is 24.3 Å². The average Bonchev–Trinajstić information content (AvgIpc) is 2.34. The number of aliphatic carboxylic acids is 1. The molecule has 98 valence electrons. The zero-order valence-electron chi connectivity index (χ0n) is 10.00. The molecule has 0 unspecified atom stereocenters. The molecule has 0 saturated heterocycles. The number of phenols is 1. The molecule has 1 aromatic rings. The van der Waals surface area contributed by atoms with Crippen LogP contribution in [-0.2, 0) is 9.59 Å². The van der Waals surface area contributed by atoms with Crippen molar-refractivity contribution >= 4 is 11.9 Å². The Kier molecular flexibility index (Phi) is 4.98. The molecule has 0 aliphatic carbocycles. The standard InChI is InChI=1S/C12H15NO5/c1-2-13(7-12(16)17)11(15)8-18-10-6-4-3-5-9(10)14/h3-6,14H,2,7-8H2,1H3,(H,16,17). The van der Waals surface area contributed by atoms with Gasteiger partial charge in [0.2, 0.25) is 0 Å². The van der Waals surface area contributed by atoms with Crippen LogP contribution >= 0.6 is 0 Å². The van der Waals surface area contributed by atoms with Crippen molar-refractivity contribution < 1.29 is 24.5 Å². The molecule has 0 aliphatic rings. The molecule has 0 aliphatic heterocycles. The quantitative estimate of drug-likeness (QED) is 0.779. The highest BCUT2D eigenvalue weighted by molar-refractivity contribution is 5.82. The first-order valence-corrected chi connectivity index (χ1v) is 5.45. The summed E-state index contributed by atoms with van der Waals surface area (Å²) in [4.78, 5) is 23.3. The highest BCUT2D eigenvalue weighted by atomic mass is 16.5. The van der Waals surface area contributed by atoms with Crippen LogP contribution < -0.4 is 4.74 Å². The van der Waals surface area contributed by atoms with Crippen LogP contribution in [0, 0.1) is 0 Å². The van der Waals surface area contributed by atoms with Crippen molar-refractivity contribution in [1.82, 2.24) is 4.90 Å². The van der Waals surface area contributed by atoms with Gasteiger partial charge in [-0.2, -0.15) is 0 Å². The third-order valence-electron chi connectivity index (χ3n) is 2.28. The van der Waals surface area contributed by atoms with Crippen molar-refractivity contribution in [3.63, 3.8) is 0 Å². The van der Waals surface area contributed by atoms with Gasteiger partial charge in [0.05, 0.1) is 0 Å². The van der Waals surface area contributed by atoms with E-state index >= 15 is 0 Å². The Morgan fingerprint density at radius 3 is 2.56 bits per heavy atom. The fourth-order valence-electron chi connectivity index (χ4n) is 1.35. The maximum Gasteiger partial charge on any atom is 0.323 e. The summed E-state index contributed by atoms with van der Waals surface area (Å²) < 4.78 is 5.13. The fourth-order valence-corrected chi connectivity index (χ4v) is 1.35. The number of carboxylic acid groups (broad SMARTS) is 1. The molecule has 2 N–H and O–H groups in total. The molecule has 0 spiro atoms. The summed E-state index contributed by atoms with van der Waals surface area (Å²) in [6.45, 7) is 1.30. The Labute approximate surface area is 104 Å². The van der Waals surface area contributed by atoms with E-state index in [0.29, 0.717) is 0 Å². The molecule has 0 aromatic heterocycles. The molecule has 1 rings (SSSR count). The summed E-state index contributed by atoms with van der Waals surface area (Å²) in [5, 5.41) is 18.0. The first kappa shape index (κ1) is 13.8. The first-order chi connectivity index (χ1) is 8.54. The van der Waals surface area contributed by atoms with Gasteiger partial charge >= 0.3 is 5.97 Å². The fraction of sp³-hybridized carbons (Fsp3) is 0.333. The number of para-hydroxylation sites is 2. The number of phenolic OH excluding ortho intramolecular Hbond substituents is 1. The summed E-state index contributed by atoms with van der Waals surface area (Å²) in [6, 6.07) is 6.26. The van der Waals surface area contributed by atoms with E-state index < -0.39 is 11.9 Å². The summed E-state index contributed by atoms with van der Waals surface area (Å²) in [5.74, 6) is -1.39. The number of ether oxygens (including phenoxy) is 1. The van der Waals surface area contributed by atoms with E-state index in [4.69, 9.17) is 9.84 Å². The number of carbonyl (C=O) groups excluding carboxylic acids is 1.